The summed E-state index contributed by atoms with van der Waals surface area (Å²) in [5.74, 6) is 2.65. The quantitative estimate of drug-likeness (QED) is 0.0678. The lowest BCUT2D eigenvalue weighted by molar-refractivity contribution is 0.505. The molecule has 0 heterocycles. The summed E-state index contributed by atoms with van der Waals surface area (Å²) in [7, 11) is 0. The lowest BCUT2D eigenvalue weighted by atomic mass is 9.82. The highest BCUT2D eigenvalue weighted by Gasteiger charge is 2.25. The number of nitrogens with zero attached hydrogens (tertiary/aromatic N) is 2. The molecule has 0 spiro atoms. The first-order valence-electron chi connectivity index (χ1n) is 22.5. The van der Waals surface area contributed by atoms with Gasteiger partial charge in [0.15, 0.2) is 0 Å². The Morgan fingerprint density at radius 2 is 1.36 bits per heavy atom. The molecule has 0 aliphatic heterocycles. The molecule has 3 aromatic carbocycles. The van der Waals surface area contributed by atoms with Crippen LogP contribution < -0.4 is 9.80 Å². The molecule has 0 saturated heterocycles. The molecule has 5 heteroatoms. The molecule has 320 valence electrons. The SMILES string of the molecule is C=C1Cc2cc(N(CCCCCC)CCCCCC)ccc2C(O)=C1C(=C)C(=C\C)/C=C/C=C/c1cc(C(C)(C)C)cc2cc(N(CCCSC)CCCSC)ccc12. The second-order valence-electron chi connectivity index (χ2n) is 17.3. The minimum absolute atomic E-state index is 0.0229. The summed E-state index contributed by atoms with van der Waals surface area (Å²) in [6.45, 7) is 26.8. The van der Waals surface area contributed by atoms with Crippen LogP contribution in [0, 0.1) is 0 Å². The maximum Gasteiger partial charge on any atom is 0.131 e. The lowest BCUT2D eigenvalue weighted by Gasteiger charge is -2.28. The van der Waals surface area contributed by atoms with Crippen molar-refractivity contribution in [1.82, 2.24) is 0 Å². The number of anilines is 2. The van der Waals surface area contributed by atoms with E-state index in [1.807, 2.05) is 30.4 Å². The number of aliphatic hydroxyl groups excluding tert-OH is 1. The number of aliphatic hydroxyl groups is 1. The predicted molar refractivity (Wildman–Crippen MR) is 271 cm³/mol. The van der Waals surface area contributed by atoms with E-state index >= 15 is 0 Å². The van der Waals surface area contributed by atoms with Crippen molar-refractivity contribution in [2.45, 2.75) is 118 Å². The van der Waals surface area contributed by atoms with E-state index in [1.165, 1.54) is 109 Å². The van der Waals surface area contributed by atoms with E-state index in [0.29, 0.717) is 6.42 Å². The molecule has 0 amide bonds. The number of rotatable bonds is 25. The summed E-state index contributed by atoms with van der Waals surface area (Å²) in [5.41, 5.74) is 10.6. The molecule has 0 radical (unpaired) electrons. The Bertz CT molecular complexity index is 1940. The van der Waals surface area contributed by atoms with Crippen molar-refractivity contribution >= 4 is 57.5 Å². The molecule has 0 bridgehead atoms. The molecule has 0 aromatic heterocycles. The Balaban J connectivity index is 1.57. The van der Waals surface area contributed by atoms with Gasteiger partial charge in [-0.2, -0.15) is 23.5 Å². The van der Waals surface area contributed by atoms with Crippen LogP contribution in [0.5, 0.6) is 0 Å². The van der Waals surface area contributed by atoms with Crippen molar-refractivity contribution in [3.05, 3.63) is 131 Å². The summed E-state index contributed by atoms with van der Waals surface area (Å²) < 4.78 is 0. The molecule has 1 aliphatic rings. The molecular weight excluding hydrogens is 757 g/mol. The highest BCUT2D eigenvalue weighted by atomic mass is 32.2. The fourth-order valence-corrected chi connectivity index (χ4v) is 8.95. The Morgan fingerprint density at radius 3 is 1.93 bits per heavy atom. The van der Waals surface area contributed by atoms with Gasteiger partial charge in [-0.25, -0.2) is 0 Å². The van der Waals surface area contributed by atoms with Crippen molar-refractivity contribution in [2.75, 3.05) is 60.0 Å². The van der Waals surface area contributed by atoms with Crippen LogP contribution in [0.25, 0.3) is 22.6 Å². The van der Waals surface area contributed by atoms with E-state index in [-0.39, 0.29) is 11.2 Å². The molecule has 3 nitrogen and oxygen atoms in total. The highest BCUT2D eigenvalue weighted by Crippen LogP contribution is 2.40. The third-order valence-corrected chi connectivity index (χ3v) is 13.0. The van der Waals surface area contributed by atoms with E-state index < -0.39 is 0 Å². The van der Waals surface area contributed by atoms with E-state index in [4.69, 9.17) is 0 Å². The van der Waals surface area contributed by atoms with Crippen LogP contribution in [0.15, 0.2) is 108 Å². The van der Waals surface area contributed by atoms with Gasteiger partial charge in [0, 0.05) is 48.7 Å². The van der Waals surface area contributed by atoms with Crippen LogP contribution in [0.4, 0.5) is 11.4 Å². The van der Waals surface area contributed by atoms with Gasteiger partial charge in [0.25, 0.3) is 0 Å². The largest absolute Gasteiger partial charge is 0.507 e. The summed E-state index contributed by atoms with van der Waals surface area (Å²) in [6.07, 6.45) is 28.2. The molecule has 4 rings (SSSR count). The van der Waals surface area contributed by atoms with Crippen LogP contribution in [0.1, 0.15) is 128 Å². The van der Waals surface area contributed by atoms with E-state index in [1.54, 1.807) is 0 Å². The average molecular weight is 833 g/mol. The maximum atomic E-state index is 11.8. The van der Waals surface area contributed by atoms with Gasteiger partial charge in [0.1, 0.15) is 5.76 Å². The van der Waals surface area contributed by atoms with Gasteiger partial charge < -0.3 is 14.9 Å². The van der Waals surface area contributed by atoms with Gasteiger partial charge >= 0.3 is 0 Å². The molecule has 0 saturated carbocycles. The molecule has 1 aliphatic carbocycles. The molecule has 0 fully saturated rings. The Kier molecular flexibility index (Phi) is 20.1. The summed E-state index contributed by atoms with van der Waals surface area (Å²) in [4.78, 5) is 5.15. The average Bonchev–Trinajstić information content (AvgIpc) is 3.21. The zero-order valence-electron chi connectivity index (χ0n) is 38.1. The number of thioether (sulfide) groups is 2. The first-order valence-corrected chi connectivity index (χ1v) is 25.3. The second kappa shape index (κ2) is 24.7. The normalized spacial score (nSPS) is 13.6. The molecular formula is C54H76N2OS2. The van der Waals surface area contributed by atoms with Crippen molar-refractivity contribution in [1.29, 1.82) is 0 Å². The molecule has 3 aromatic rings. The maximum absolute atomic E-state index is 11.8. The zero-order chi connectivity index (χ0) is 42.8. The number of fused-ring (bicyclic) bond motifs is 2. The molecule has 0 atom stereocenters. The van der Waals surface area contributed by atoms with Crippen LogP contribution in [-0.4, -0.2) is 55.3 Å². The minimum Gasteiger partial charge on any atom is -0.507 e. The smallest absolute Gasteiger partial charge is 0.131 e. The number of unbranched alkanes of at least 4 members (excludes halogenated alkanes) is 6. The summed E-state index contributed by atoms with van der Waals surface area (Å²) in [6, 6.07) is 18.4. The Morgan fingerprint density at radius 1 is 0.763 bits per heavy atom. The summed E-state index contributed by atoms with van der Waals surface area (Å²) in [5, 5.41) is 14.3. The van der Waals surface area contributed by atoms with Gasteiger partial charge in [0.2, 0.25) is 0 Å². The van der Waals surface area contributed by atoms with Crippen molar-refractivity contribution in [3.63, 3.8) is 0 Å². The molecule has 0 unspecified atom stereocenters. The number of benzene rings is 3. The van der Waals surface area contributed by atoms with Crippen LogP contribution in [0.3, 0.4) is 0 Å². The first kappa shape index (κ1) is 48.1. The third kappa shape index (κ3) is 14.0. The summed E-state index contributed by atoms with van der Waals surface area (Å²) >= 11 is 3.86. The van der Waals surface area contributed by atoms with E-state index in [0.717, 1.165) is 59.6 Å². The predicted octanol–water partition coefficient (Wildman–Crippen LogP) is 15.6. The Hall–Kier alpha value is -3.54. The fourth-order valence-electron chi connectivity index (χ4n) is 8.12. The first-order chi connectivity index (χ1) is 28.5. The molecule has 1 N–H and O–H groups in total. The van der Waals surface area contributed by atoms with Crippen molar-refractivity contribution in [3.8, 4) is 0 Å². The monoisotopic (exact) mass is 833 g/mol. The second-order valence-corrected chi connectivity index (χ2v) is 19.3. The highest BCUT2D eigenvalue weighted by molar-refractivity contribution is 7.98. The van der Waals surface area contributed by atoms with Gasteiger partial charge in [-0.3, -0.25) is 0 Å². The van der Waals surface area contributed by atoms with Crippen molar-refractivity contribution in [2.24, 2.45) is 0 Å². The van der Waals surface area contributed by atoms with Gasteiger partial charge in [-0.05, 0) is 143 Å². The van der Waals surface area contributed by atoms with E-state index in [9.17, 15) is 5.11 Å². The third-order valence-electron chi connectivity index (χ3n) is 11.6. The van der Waals surface area contributed by atoms with E-state index in [2.05, 4.69) is 149 Å². The fraction of sp³-hybridized carbons (Fsp3) is 0.481. The minimum atomic E-state index is 0.0229. The molecule has 59 heavy (non-hydrogen) atoms. The van der Waals surface area contributed by atoms with Gasteiger partial charge in [0.05, 0.1) is 0 Å². The number of allylic oxidation sites excluding steroid dienone is 8. The van der Waals surface area contributed by atoms with Crippen LogP contribution in [-0.2, 0) is 11.8 Å². The van der Waals surface area contributed by atoms with Crippen LogP contribution >= 0.6 is 23.5 Å². The van der Waals surface area contributed by atoms with Gasteiger partial charge in [-0.1, -0.05) is 135 Å². The number of hydrogen-bond acceptors (Lipinski definition) is 5. The zero-order valence-corrected chi connectivity index (χ0v) is 39.7. The lowest BCUT2D eigenvalue weighted by Crippen LogP contribution is -2.26. The van der Waals surface area contributed by atoms with Crippen molar-refractivity contribution < 1.29 is 5.11 Å². The Labute approximate surface area is 368 Å². The van der Waals surface area contributed by atoms with Crippen LogP contribution in [0.2, 0.25) is 0 Å². The topological polar surface area (TPSA) is 26.7 Å². The standard InChI is InChI=1S/C54H76N2OS2/c1-11-14-16-20-30-55(31-21-17-15-12-2)49-27-29-51-45(39-49)36-41(4)52(53(51)57)42(5)43(13-3)24-18-19-25-44-37-47(54(6,7)8)38-46-40-48(26-28-50(44)46)56(32-22-34-58-9)33-23-35-59-10/h13,18-19,24-29,37-40,57H,4-5,11-12,14-17,20-23,30-36H2,1-3,6-10H3/b24-18+,25-19+,43-13-. The number of hydrogen-bond donors (Lipinski definition) is 1. The van der Waals surface area contributed by atoms with Gasteiger partial charge in [-0.15, -0.1) is 0 Å².